The van der Waals surface area contributed by atoms with Gasteiger partial charge in [0.15, 0.2) is 0 Å². The summed E-state index contributed by atoms with van der Waals surface area (Å²) in [5, 5.41) is 6.85. The molecule has 94 valence electrons. The molecule has 4 heteroatoms. The lowest BCUT2D eigenvalue weighted by Crippen LogP contribution is -2.36. The van der Waals surface area contributed by atoms with Crippen LogP contribution in [0.5, 0.6) is 0 Å². The molecular weight excluding hydrogens is 212 g/mol. The molecule has 1 aliphatic heterocycles. The van der Waals surface area contributed by atoms with Crippen molar-refractivity contribution < 1.29 is 0 Å². The Morgan fingerprint density at radius 3 is 2.71 bits per heavy atom. The van der Waals surface area contributed by atoms with Crippen LogP contribution in [-0.2, 0) is 0 Å². The van der Waals surface area contributed by atoms with E-state index in [9.17, 15) is 0 Å². The second-order valence-corrected chi connectivity index (χ2v) is 4.71. The Balaban J connectivity index is 1.91. The van der Waals surface area contributed by atoms with Crippen LogP contribution in [0.25, 0.3) is 0 Å². The molecular formula is C13H22N4. The average molecular weight is 234 g/mol. The summed E-state index contributed by atoms with van der Waals surface area (Å²) in [6.07, 6.45) is 6.19. The molecule has 0 unspecified atom stereocenters. The van der Waals surface area contributed by atoms with Crippen molar-refractivity contribution >= 4 is 11.4 Å². The normalized spacial score (nSPS) is 18.0. The number of aromatic nitrogens is 1. The third kappa shape index (κ3) is 3.60. The molecule has 1 fully saturated rings. The molecule has 1 aromatic heterocycles. The minimum atomic E-state index is 0.588. The summed E-state index contributed by atoms with van der Waals surface area (Å²) < 4.78 is 0. The predicted molar refractivity (Wildman–Crippen MR) is 72.5 cm³/mol. The quantitative estimate of drug-likeness (QED) is 0.836. The standard InChI is InChI=1S/C13H22N4/c1-3-15-12-8-13(10-14-9-12)16-11-4-6-17(2)7-5-11/h8-11,15-16H,3-7H2,1-2H3. The molecule has 1 aliphatic rings. The van der Waals surface area contributed by atoms with Gasteiger partial charge in [0.05, 0.1) is 23.8 Å². The first-order valence-electron chi connectivity index (χ1n) is 6.42. The fourth-order valence-electron chi connectivity index (χ4n) is 2.21. The van der Waals surface area contributed by atoms with Crippen molar-refractivity contribution in [1.29, 1.82) is 0 Å². The van der Waals surface area contributed by atoms with Crippen molar-refractivity contribution in [2.24, 2.45) is 0 Å². The molecule has 2 rings (SSSR count). The molecule has 0 aliphatic carbocycles. The molecule has 0 spiro atoms. The van der Waals surface area contributed by atoms with E-state index < -0.39 is 0 Å². The van der Waals surface area contributed by atoms with Gasteiger partial charge >= 0.3 is 0 Å². The van der Waals surface area contributed by atoms with Gasteiger partial charge in [-0.2, -0.15) is 0 Å². The molecule has 17 heavy (non-hydrogen) atoms. The number of rotatable bonds is 4. The Morgan fingerprint density at radius 1 is 1.29 bits per heavy atom. The molecule has 0 radical (unpaired) electrons. The summed E-state index contributed by atoms with van der Waals surface area (Å²) in [6, 6.07) is 2.72. The molecule has 0 bridgehead atoms. The molecule has 1 saturated heterocycles. The van der Waals surface area contributed by atoms with E-state index in [1.165, 1.54) is 25.9 Å². The van der Waals surface area contributed by atoms with E-state index in [0.29, 0.717) is 6.04 Å². The number of likely N-dealkylation sites (tertiary alicyclic amines) is 1. The van der Waals surface area contributed by atoms with Gasteiger partial charge in [0.25, 0.3) is 0 Å². The summed E-state index contributed by atoms with van der Waals surface area (Å²) >= 11 is 0. The average Bonchev–Trinajstić information content (AvgIpc) is 2.33. The van der Waals surface area contributed by atoms with E-state index in [1.807, 2.05) is 12.4 Å². The zero-order valence-electron chi connectivity index (χ0n) is 10.7. The van der Waals surface area contributed by atoms with E-state index in [2.05, 4.69) is 40.6 Å². The number of nitrogens with one attached hydrogen (secondary N) is 2. The van der Waals surface area contributed by atoms with Gasteiger partial charge in [0.2, 0.25) is 0 Å². The van der Waals surface area contributed by atoms with Crippen molar-refractivity contribution in [2.45, 2.75) is 25.8 Å². The van der Waals surface area contributed by atoms with Gasteiger partial charge < -0.3 is 15.5 Å². The molecule has 4 nitrogen and oxygen atoms in total. The van der Waals surface area contributed by atoms with Crippen molar-refractivity contribution in [3.8, 4) is 0 Å². The topological polar surface area (TPSA) is 40.2 Å². The summed E-state index contributed by atoms with van der Waals surface area (Å²) in [4.78, 5) is 6.63. The van der Waals surface area contributed by atoms with Crippen LogP contribution < -0.4 is 10.6 Å². The van der Waals surface area contributed by atoms with E-state index >= 15 is 0 Å². The molecule has 2 N–H and O–H groups in total. The molecule has 1 aromatic rings. The SMILES string of the molecule is CCNc1cncc(NC2CCN(C)CC2)c1. The van der Waals surface area contributed by atoms with Crippen molar-refractivity contribution in [3.63, 3.8) is 0 Å². The summed E-state index contributed by atoms with van der Waals surface area (Å²) in [6.45, 7) is 5.38. The summed E-state index contributed by atoms with van der Waals surface area (Å²) in [7, 11) is 2.18. The fourth-order valence-corrected chi connectivity index (χ4v) is 2.21. The number of nitrogens with zero attached hydrogens (tertiary/aromatic N) is 2. The van der Waals surface area contributed by atoms with Gasteiger partial charge in [-0.3, -0.25) is 4.98 Å². The highest BCUT2D eigenvalue weighted by Crippen LogP contribution is 2.17. The summed E-state index contributed by atoms with van der Waals surface area (Å²) in [5.41, 5.74) is 2.21. The third-order valence-corrected chi connectivity index (χ3v) is 3.21. The van der Waals surface area contributed by atoms with E-state index in [1.54, 1.807) is 0 Å². The number of anilines is 2. The zero-order valence-corrected chi connectivity index (χ0v) is 10.7. The van der Waals surface area contributed by atoms with E-state index in [0.717, 1.165) is 17.9 Å². The van der Waals surface area contributed by atoms with Crippen molar-refractivity contribution in [1.82, 2.24) is 9.88 Å². The van der Waals surface area contributed by atoms with Gasteiger partial charge in [-0.25, -0.2) is 0 Å². The lowest BCUT2D eigenvalue weighted by Gasteiger charge is -2.30. The van der Waals surface area contributed by atoms with Crippen LogP contribution in [0.3, 0.4) is 0 Å². The Kier molecular flexibility index (Phi) is 4.20. The van der Waals surface area contributed by atoms with Gasteiger partial charge in [0, 0.05) is 12.6 Å². The van der Waals surface area contributed by atoms with Gasteiger partial charge in [-0.05, 0) is 46.0 Å². The largest absolute Gasteiger partial charge is 0.384 e. The van der Waals surface area contributed by atoms with Crippen LogP contribution >= 0.6 is 0 Å². The highest BCUT2D eigenvalue weighted by Gasteiger charge is 2.16. The van der Waals surface area contributed by atoms with E-state index in [-0.39, 0.29) is 0 Å². The van der Waals surface area contributed by atoms with Crippen molar-refractivity contribution in [2.75, 3.05) is 37.3 Å². The van der Waals surface area contributed by atoms with Gasteiger partial charge in [-0.1, -0.05) is 0 Å². The predicted octanol–water partition coefficient (Wildman–Crippen LogP) is 2.02. The fraction of sp³-hybridized carbons (Fsp3) is 0.615. The maximum Gasteiger partial charge on any atom is 0.0549 e. The highest BCUT2D eigenvalue weighted by molar-refractivity contribution is 5.54. The molecule has 0 aromatic carbocycles. The minimum Gasteiger partial charge on any atom is -0.384 e. The maximum absolute atomic E-state index is 4.25. The van der Waals surface area contributed by atoms with Crippen LogP contribution in [0, 0.1) is 0 Å². The first kappa shape index (κ1) is 12.2. The second kappa shape index (κ2) is 5.87. The highest BCUT2D eigenvalue weighted by atomic mass is 15.1. The van der Waals surface area contributed by atoms with E-state index in [4.69, 9.17) is 0 Å². The Bertz CT molecular complexity index is 345. The minimum absolute atomic E-state index is 0.588. The van der Waals surface area contributed by atoms with Crippen LogP contribution in [0.4, 0.5) is 11.4 Å². The third-order valence-electron chi connectivity index (χ3n) is 3.21. The molecule has 0 saturated carbocycles. The number of hydrogen-bond donors (Lipinski definition) is 2. The summed E-state index contributed by atoms with van der Waals surface area (Å²) in [5.74, 6) is 0. The van der Waals surface area contributed by atoms with Crippen LogP contribution in [-0.4, -0.2) is 42.6 Å². The Labute approximate surface area is 103 Å². The smallest absolute Gasteiger partial charge is 0.0549 e. The maximum atomic E-state index is 4.25. The number of piperidine rings is 1. The first-order chi connectivity index (χ1) is 8.28. The molecule has 0 atom stereocenters. The van der Waals surface area contributed by atoms with Crippen LogP contribution in [0.1, 0.15) is 19.8 Å². The second-order valence-electron chi connectivity index (χ2n) is 4.71. The molecule has 2 heterocycles. The van der Waals surface area contributed by atoms with Gasteiger partial charge in [-0.15, -0.1) is 0 Å². The number of hydrogen-bond acceptors (Lipinski definition) is 4. The van der Waals surface area contributed by atoms with Crippen molar-refractivity contribution in [3.05, 3.63) is 18.5 Å². The monoisotopic (exact) mass is 234 g/mol. The van der Waals surface area contributed by atoms with Crippen LogP contribution in [0.2, 0.25) is 0 Å². The lowest BCUT2D eigenvalue weighted by atomic mass is 10.1. The zero-order chi connectivity index (χ0) is 12.1. The lowest BCUT2D eigenvalue weighted by molar-refractivity contribution is 0.264. The Morgan fingerprint density at radius 2 is 2.00 bits per heavy atom. The Hall–Kier alpha value is -1.29. The van der Waals surface area contributed by atoms with Gasteiger partial charge in [0.1, 0.15) is 0 Å². The first-order valence-corrected chi connectivity index (χ1v) is 6.42. The number of pyridine rings is 1. The van der Waals surface area contributed by atoms with Crippen LogP contribution in [0.15, 0.2) is 18.5 Å². The molecule has 0 amide bonds.